The van der Waals surface area contributed by atoms with Crippen molar-refractivity contribution in [3.8, 4) is 24.0 Å². The van der Waals surface area contributed by atoms with Crippen LogP contribution in [0.1, 0.15) is 10.4 Å². The molecule has 9 heteroatoms. The van der Waals surface area contributed by atoms with Crippen LogP contribution in [-0.2, 0) is 0 Å². The molecule has 0 saturated heterocycles. The molecule has 0 aliphatic rings. The highest BCUT2D eigenvalue weighted by molar-refractivity contribution is 6.05. The Bertz CT molecular complexity index is 776. The van der Waals surface area contributed by atoms with Crippen LogP contribution in [0.4, 0.5) is 18.9 Å². The fourth-order valence-electron chi connectivity index (χ4n) is 1.52. The predicted octanol–water partition coefficient (Wildman–Crippen LogP) is 2.68. The van der Waals surface area contributed by atoms with Gasteiger partial charge in [-0.1, -0.05) is 0 Å². The first-order chi connectivity index (χ1) is 10.8. The summed E-state index contributed by atoms with van der Waals surface area (Å²) in [4.78, 5) is 11.5. The van der Waals surface area contributed by atoms with Crippen LogP contribution in [-0.4, -0.2) is 19.1 Å². The van der Waals surface area contributed by atoms with Crippen LogP contribution in [0.15, 0.2) is 29.5 Å². The Morgan fingerprint density at radius 2 is 1.78 bits per heavy atom. The number of ketones is 1. The molecule has 0 saturated carbocycles. The summed E-state index contributed by atoms with van der Waals surface area (Å²) in [7, 11) is 1.20. The second kappa shape index (κ2) is 6.97. The summed E-state index contributed by atoms with van der Waals surface area (Å²) >= 11 is 0. The van der Waals surface area contributed by atoms with Crippen molar-refractivity contribution in [2.45, 2.75) is 6.18 Å². The van der Waals surface area contributed by atoms with E-state index in [-0.39, 0.29) is 11.4 Å². The largest absolute Gasteiger partial charge is 0.497 e. The Morgan fingerprint density at radius 3 is 2.22 bits per heavy atom. The number of carbonyl (C=O) groups is 1. The average molecular weight is 320 g/mol. The molecular formula is C14H7F3N4O2. The molecule has 116 valence electrons. The Labute approximate surface area is 128 Å². The van der Waals surface area contributed by atoms with E-state index in [0.717, 1.165) is 12.1 Å². The summed E-state index contributed by atoms with van der Waals surface area (Å²) in [6.45, 7) is 0. The number of benzene rings is 1. The van der Waals surface area contributed by atoms with Gasteiger partial charge in [-0.3, -0.25) is 4.79 Å². The maximum Gasteiger partial charge on any atom is 0.454 e. The molecule has 0 bridgehead atoms. The number of carbonyl (C=O) groups excluding carboxylic acids is 1. The molecule has 0 radical (unpaired) electrons. The van der Waals surface area contributed by atoms with Crippen molar-refractivity contribution in [2.75, 3.05) is 12.4 Å². The van der Waals surface area contributed by atoms with Crippen molar-refractivity contribution in [3.05, 3.63) is 35.0 Å². The average Bonchev–Trinajstić information content (AvgIpc) is 2.53. The fourth-order valence-corrected chi connectivity index (χ4v) is 1.52. The first-order valence-corrected chi connectivity index (χ1v) is 5.79. The minimum Gasteiger partial charge on any atom is -0.497 e. The number of nitrogens with zero attached hydrogens (tertiary/aromatic N) is 3. The maximum atomic E-state index is 12.7. The van der Waals surface area contributed by atoms with E-state index < -0.39 is 28.8 Å². The minimum absolute atomic E-state index is 0.00794. The Kier molecular flexibility index (Phi) is 5.31. The number of halogens is 3. The summed E-state index contributed by atoms with van der Waals surface area (Å²) < 4.78 is 42.7. The lowest BCUT2D eigenvalue weighted by molar-refractivity contribution is -0.0884. The molecule has 0 aromatic heterocycles. The third kappa shape index (κ3) is 3.99. The molecule has 0 atom stereocenters. The van der Waals surface area contributed by atoms with Crippen molar-refractivity contribution < 1.29 is 22.7 Å². The quantitative estimate of drug-likeness (QED) is 0.674. The minimum atomic E-state index is -5.15. The number of Topliss-reactive ketones (excluding diaryl/α,β-unsaturated/α-hetero) is 1. The zero-order valence-electron chi connectivity index (χ0n) is 11.5. The van der Waals surface area contributed by atoms with Gasteiger partial charge in [0.1, 0.15) is 29.7 Å². The predicted molar refractivity (Wildman–Crippen MR) is 70.9 cm³/mol. The van der Waals surface area contributed by atoms with Crippen molar-refractivity contribution in [1.29, 1.82) is 15.8 Å². The topological polar surface area (TPSA) is 110 Å². The van der Waals surface area contributed by atoms with Crippen molar-refractivity contribution in [3.63, 3.8) is 0 Å². The zero-order valence-corrected chi connectivity index (χ0v) is 11.5. The Hall–Kier alpha value is -3.51. The molecule has 0 aliphatic carbocycles. The highest BCUT2D eigenvalue weighted by Gasteiger charge is 2.40. The van der Waals surface area contributed by atoms with E-state index in [9.17, 15) is 18.0 Å². The molecule has 0 aliphatic heterocycles. The van der Waals surface area contributed by atoms with E-state index in [4.69, 9.17) is 20.5 Å². The van der Waals surface area contributed by atoms with E-state index in [0.29, 0.717) is 0 Å². The van der Waals surface area contributed by atoms with Crippen LogP contribution in [0.25, 0.3) is 0 Å². The zero-order chi connectivity index (χ0) is 17.6. The number of hydrogen-bond donors (Lipinski definition) is 1. The number of nitriles is 3. The maximum absolute atomic E-state index is 12.7. The second-order valence-corrected chi connectivity index (χ2v) is 3.95. The molecule has 1 rings (SSSR count). The third-order valence-corrected chi connectivity index (χ3v) is 2.57. The van der Waals surface area contributed by atoms with Gasteiger partial charge in [-0.15, -0.1) is 0 Å². The van der Waals surface area contributed by atoms with E-state index in [1.54, 1.807) is 0 Å². The number of methoxy groups -OCH3 is 1. The summed E-state index contributed by atoms with van der Waals surface area (Å²) in [5.41, 5.74) is -2.39. The van der Waals surface area contributed by atoms with Crippen LogP contribution in [0.3, 0.4) is 0 Å². The molecule has 0 spiro atoms. The summed E-state index contributed by atoms with van der Waals surface area (Å²) in [6.07, 6.45) is -5.15. The number of ether oxygens (including phenoxy) is 1. The normalized spacial score (nSPS) is 9.78. The van der Waals surface area contributed by atoms with Gasteiger partial charge in [0.25, 0.3) is 5.78 Å². The smallest absolute Gasteiger partial charge is 0.454 e. The van der Waals surface area contributed by atoms with Gasteiger partial charge >= 0.3 is 6.18 Å². The van der Waals surface area contributed by atoms with Gasteiger partial charge in [0.15, 0.2) is 5.57 Å². The summed E-state index contributed by atoms with van der Waals surface area (Å²) in [5.74, 6) is -2.17. The monoisotopic (exact) mass is 320 g/mol. The van der Waals surface area contributed by atoms with Crippen LogP contribution in [0, 0.1) is 34.0 Å². The first kappa shape index (κ1) is 17.5. The van der Waals surface area contributed by atoms with Gasteiger partial charge in [-0.05, 0) is 18.2 Å². The first-order valence-electron chi connectivity index (χ1n) is 5.79. The molecule has 1 N–H and O–H groups in total. The van der Waals surface area contributed by atoms with Crippen molar-refractivity contribution in [1.82, 2.24) is 0 Å². The van der Waals surface area contributed by atoms with Crippen molar-refractivity contribution in [2.24, 2.45) is 0 Å². The van der Waals surface area contributed by atoms with E-state index in [1.165, 1.54) is 31.4 Å². The molecule has 1 aromatic carbocycles. The standard InChI is InChI=1S/C14H7F3N4O2/c1-23-9-2-3-11(10(4-9)13(22)14(15,16)17)21-12(7-20)8(5-18)6-19/h2-4,21H,1H3. The van der Waals surface area contributed by atoms with Gasteiger partial charge < -0.3 is 10.1 Å². The Morgan fingerprint density at radius 1 is 1.17 bits per heavy atom. The number of hydrogen-bond acceptors (Lipinski definition) is 6. The fraction of sp³-hybridized carbons (Fsp3) is 0.143. The van der Waals surface area contributed by atoms with E-state index in [1.807, 2.05) is 0 Å². The number of anilines is 1. The summed E-state index contributed by atoms with van der Waals surface area (Å²) in [5, 5.41) is 28.5. The molecule has 0 fully saturated rings. The molecule has 0 amide bonds. The van der Waals surface area contributed by atoms with Crippen LogP contribution < -0.4 is 10.1 Å². The second-order valence-electron chi connectivity index (χ2n) is 3.95. The number of alkyl halides is 3. The third-order valence-electron chi connectivity index (χ3n) is 2.57. The molecule has 0 heterocycles. The van der Waals surface area contributed by atoms with E-state index in [2.05, 4.69) is 5.32 Å². The van der Waals surface area contributed by atoms with Gasteiger partial charge in [-0.2, -0.15) is 29.0 Å². The molecule has 6 nitrogen and oxygen atoms in total. The van der Waals surface area contributed by atoms with Crippen LogP contribution in [0.5, 0.6) is 5.75 Å². The van der Waals surface area contributed by atoms with Gasteiger partial charge in [0, 0.05) is 0 Å². The highest BCUT2D eigenvalue weighted by Crippen LogP contribution is 2.30. The van der Waals surface area contributed by atoms with E-state index >= 15 is 0 Å². The lowest BCUT2D eigenvalue weighted by atomic mass is 10.1. The van der Waals surface area contributed by atoms with Gasteiger partial charge in [-0.25, -0.2) is 0 Å². The summed E-state index contributed by atoms with van der Waals surface area (Å²) in [6, 6.07) is 7.50. The SMILES string of the molecule is COc1ccc(NC(C#N)=C(C#N)C#N)c(C(=O)C(F)(F)F)c1. The molecule has 23 heavy (non-hydrogen) atoms. The number of nitrogens with one attached hydrogen (secondary N) is 1. The van der Waals surface area contributed by atoms with Gasteiger partial charge in [0.2, 0.25) is 0 Å². The lowest BCUT2D eigenvalue weighted by Crippen LogP contribution is -2.24. The van der Waals surface area contributed by atoms with Crippen LogP contribution in [0.2, 0.25) is 0 Å². The van der Waals surface area contributed by atoms with Crippen LogP contribution >= 0.6 is 0 Å². The van der Waals surface area contributed by atoms with Gasteiger partial charge in [0.05, 0.1) is 18.4 Å². The Balaban J connectivity index is 3.47. The number of allylic oxidation sites excluding steroid dienone is 2. The number of rotatable bonds is 4. The highest BCUT2D eigenvalue weighted by atomic mass is 19.4. The van der Waals surface area contributed by atoms with Crippen molar-refractivity contribution >= 4 is 11.5 Å². The molecule has 1 aromatic rings. The molecular weight excluding hydrogens is 313 g/mol. The molecule has 0 unspecified atom stereocenters. The lowest BCUT2D eigenvalue weighted by Gasteiger charge is -2.13.